The summed E-state index contributed by atoms with van der Waals surface area (Å²) in [5, 5.41) is 17.5. The van der Waals surface area contributed by atoms with Gasteiger partial charge in [-0.2, -0.15) is 0 Å². The lowest BCUT2D eigenvalue weighted by Crippen LogP contribution is -2.41. The SMILES string of the molecule is CCCCC(O)C(N)C(=O)O. The predicted octanol–water partition coefficient (Wildman–Crippen LogP) is -0.0506. The number of aliphatic carboxylic acids is 1. The van der Waals surface area contributed by atoms with Crippen LogP contribution in [0.25, 0.3) is 0 Å². The van der Waals surface area contributed by atoms with Crippen LogP contribution in [0, 0.1) is 0 Å². The molecule has 0 amide bonds. The average Bonchev–Trinajstić information content (AvgIpc) is 1.98. The summed E-state index contributed by atoms with van der Waals surface area (Å²) in [6.45, 7) is 1.97. The van der Waals surface area contributed by atoms with Gasteiger partial charge in [0.25, 0.3) is 0 Å². The lowest BCUT2D eigenvalue weighted by Gasteiger charge is -2.13. The van der Waals surface area contributed by atoms with Gasteiger partial charge in [0.15, 0.2) is 0 Å². The van der Waals surface area contributed by atoms with E-state index in [2.05, 4.69) is 0 Å². The second-order valence-corrected chi connectivity index (χ2v) is 2.57. The number of nitrogens with two attached hydrogens (primary N) is 1. The van der Waals surface area contributed by atoms with Crippen LogP contribution in [0.4, 0.5) is 0 Å². The van der Waals surface area contributed by atoms with Crippen molar-refractivity contribution in [2.24, 2.45) is 5.73 Å². The third kappa shape index (κ3) is 3.95. The van der Waals surface area contributed by atoms with Crippen LogP contribution >= 0.6 is 0 Å². The smallest absolute Gasteiger partial charge is 0.323 e. The molecule has 0 saturated heterocycles. The van der Waals surface area contributed by atoms with Gasteiger partial charge in [0.2, 0.25) is 0 Å². The quantitative estimate of drug-likeness (QED) is 0.528. The Morgan fingerprint density at radius 1 is 1.64 bits per heavy atom. The molecule has 0 fully saturated rings. The summed E-state index contributed by atoms with van der Waals surface area (Å²) in [7, 11) is 0. The van der Waals surface area contributed by atoms with Gasteiger partial charge in [-0.15, -0.1) is 0 Å². The van der Waals surface area contributed by atoms with Gasteiger partial charge in [-0.25, -0.2) is 0 Å². The Morgan fingerprint density at radius 2 is 2.18 bits per heavy atom. The van der Waals surface area contributed by atoms with Gasteiger partial charge in [0.1, 0.15) is 6.04 Å². The zero-order chi connectivity index (χ0) is 8.85. The summed E-state index contributed by atoms with van der Waals surface area (Å²) in [6.07, 6.45) is 1.29. The van der Waals surface area contributed by atoms with Gasteiger partial charge >= 0.3 is 5.97 Å². The van der Waals surface area contributed by atoms with E-state index < -0.39 is 18.1 Å². The molecule has 0 aliphatic heterocycles. The Hall–Kier alpha value is -0.610. The molecule has 0 aromatic rings. The summed E-state index contributed by atoms with van der Waals surface area (Å²) < 4.78 is 0. The normalized spacial score (nSPS) is 15.9. The second kappa shape index (κ2) is 5.09. The molecule has 0 bridgehead atoms. The number of hydrogen-bond donors (Lipinski definition) is 3. The topological polar surface area (TPSA) is 83.5 Å². The van der Waals surface area contributed by atoms with E-state index in [9.17, 15) is 4.79 Å². The molecule has 4 nitrogen and oxygen atoms in total. The van der Waals surface area contributed by atoms with Crippen molar-refractivity contribution in [1.29, 1.82) is 0 Å². The third-order valence-corrected chi connectivity index (χ3v) is 1.55. The van der Waals surface area contributed by atoms with Crippen molar-refractivity contribution in [2.45, 2.75) is 38.3 Å². The first kappa shape index (κ1) is 10.4. The van der Waals surface area contributed by atoms with E-state index in [1.54, 1.807) is 0 Å². The van der Waals surface area contributed by atoms with Crippen molar-refractivity contribution in [2.75, 3.05) is 0 Å². The van der Waals surface area contributed by atoms with Crippen molar-refractivity contribution >= 4 is 5.97 Å². The summed E-state index contributed by atoms with van der Waals surface area (Å²) >= 11 is 0. The highest BCUT2D eigenvalue weighted by molar-refractivity contribution is 5.73. The van der Waals surface area contributed by atoms with Crippen LogP contribution in [-0.4, -0.2) is 28.3 Å². The average molecular weight is 161 g/mol. The Labute approximate surface area is 66.0 Å². The van der Waals surface area contributed by atoms with Crippen LogP contribution in [0.1, 0.15) is 26.2 Å². The van der Waals surface area contributed by atoms with Crippen LogP contribution in [0.2, 0.25) is 0 Å². The van der Waals surface area contributed by atoms with Crippen molar-refractivity contribution in [3.05, 3.63) is 0 Å². The van der Waals surface area contributed by atoms with Gasteiger partial charge in [0, 0.05) is 0 Å². The molecule has 4 N–H and O–H groups in total. The number of carbonyl (C=O) groups is 1. The number of aliphatic hydroxyl groups is 1. The van der Waals surface area contributed by atoms with Gasteiger partial charge in [-0.3, -0.25) is 4.79 Å². The van der Waals surface area contributed by atoms with Gasteiger partial charge < -0.3 is 15.9 Å². The highest BCUT2D eigenvalue weighted by Crippen LogP contribution is 2.02. The van der Waals surface area contributed by atoms with Crippen molar-refractivity contribution in [3.63, 3.8) is 0 Å². The summed E-state index contributed by atoms with van der Waals surface area (Å²) in [4.78, 5) is 10.2. The Bertz CT molecular complexity index is 127. The molecule has 11 heavy (non-hydrogen) atoms. The molecule has 0 radical (unpaired) electrons. The fraction of sp³-hybridized carbons (Fsp3) is 0.857. The Kier molecular flexibility index (Phi) is 4.81. The molecular formula is C7H15NO3. The van der Waals surface area contributed by atoms with Crippen LogP contribution in [0.5, 0.6) is 0 Å². The first-order chi connectivity index (χ1) is 5.09. The fourth-order valence-electron chi connectivity index (χ4n) is 0.757. The molecule has 4 heteroatoms. The fourth-order valence-corrected chi connectivity index (χ4v) is 0.757. The maximum atomic E-state index is 10.2. The van der Waals surface area contributed by atoms with Crippen LogP contribution in [0.3, 0.4) is 0 Å². The zero-order valence-electron chi connectivity index (χ0n) is 6.66. The van der Waals surface area contributed by atoms with E-state index in [1.165, 1.54) is 0 Å². The largest absolute Gasteiger partial charge is 0.480 e. The number of rotatable bonds is 5. The molecule has 0 aromatic carbocycles. The molecule has 0 aromatic heterocycles. The van der Waals surface area contributed by atoms with E-state index >= 15 is 0 Å². The van der Waals surface area contributed by atoms with Crippen molar-refractivity contribution in [1.82, 2.24) is 0 Å². The van der Waals surface area contributed by atoms with E-state index in [-0.39, 0.29) is 0 Å². The summed E-state index contributed by atoms with van der Waals surface area (Å²) in [6, 6.07) is -1.14. The Balaban J connectivity index is 3.63. The van der Waals surface area contributed by atoms with Crippen LogP contribution in [0.15, 0.2) is 0 Å². The molecule has 0 aliphatic rings. The van der Waals surface area contributed by atoms with Crippen LogP contribution < -0.4 is 5.73 Å². The second-order valence-electron chi connectivity index (χ2n) is 2.57. The van der Waals surface area contributed by atoms with Gasteiger partial charge in [-0.05, 0) is 6.42 Å². The molecule has 0 saturated carbocycles. The number of aliphatic hydroxyl groups excluding tert-OH is 1. The van der Waals surface area contributed by atoms with E-state index in [1.807, 2.05) is 6.92 Å². The number of carboxylic acids is 1. The summed E-state index contributed by atoms with van der Waals surface area (Å²) in [5.41, 5.74) is 5.15. The molecule has 66 valence electrons. The minimum Gasteiger partial charge on any atom is -0.480 e. The third-order valence-electron chi connectivity index (χ3n) is 1.55. The van der Waals surface area contributed by atoms with E-state index in [0.29, 0.717) is 6.42 Å². The molecule has 2 atom stereocenters. The minimum absolute atomic E-state index is 0.462. The number of hydrogen-bond acceptors (Lipinski definition) is 3. The maximum Gasteiger partial charge on any atom is 0.323 e. The lowest BCUT2D eigenvalue weighted by molar-refractivity contribution is -0.141. The maximum absolute atomic E-state index is 10.2. The first-order valence-electron chi connectivity index (χ1n) is 3.76. The molecule has 0 spiro atoms. The lowest BCUT2D eigenvalue weighted by atomic mass is 10.1. The monoisotopic (exact) mass is 161 g/mol. The molecule has 0 heterocycles. The molecule has 0 rings (SSSR count). The van der Waals surface area contributed by atoms with E-state index in [4.69, 9.17) is 15.9 Å². The highest BCUT2D eigenvalue weighted by Gasteiger charge is 2.20. The standard InChI is InChI=1S/C7H15NO3/c1-2-3-4-5(9)6(8)7(10)11/h5-6,9H,2-4,8H2,1H3,(H,10,11). The number of unbranched alkanes of at least 4 members (excludes halogenated alkanes) is 1. The zero-order valence-corrected chi connectivity index (χ0v) is 6.66. The van der Waals surface area contributed by atoms with E-state index in [0.717, 1.165) is 12.8 Å². The van der Waals surface area contributed by atoms with Crippen molar-refractivity contribution in [3.8, 4) is 0 Å². The predicted molar refractivity (Wildman–Crippen MR) is 41.1 cm³/mol. The molecular weight excluding hydrogens is 146 g/mol. The molecule has 2 unspecified atom stereocenters. The van der Waals surface area contributed by atoms with Crippen LogP contribution in [-0.2, 0) is 4.79 Å². The Morgan fingerprint density at radius 3 is 2.55 bits per heavy atom. The molecule has 0 aliphatic carbocycles. The minimum atomic E-state index is -1.14. The van der Waals surface area contributed by atoms with Gasteiger partial charge in [-0.1, -0.05) is 19.8 Å². The highest BCUT2D eigenvalue weighted by atomic mass is 16.4. The van der Waals surface area contributed by atoms with Gasteiger partial charge in [0.05, 0.1) is 6.10 Å². The van der Waals surface area contributed by atoms with Crippen molar-refractivity contribution < 1.29 is 15.0 Å². The first-order valence-corrected chi connectivity index (χ1v) is 3.76. The number of carboxylic acid groups (broad SMARTS) is 1. The summed E-state index contributed by atoms with van der Waals surface area (Å²) in [5.74, 6) is -1.14.